The van der Waals surface area contributed by atoms with Crippen LogP contribution in [0.4, 0.5) is 0 Å². The average molecular weight is 516 g/mol. The molecule has 0 spiro atoms. The molecule has 0 aliphatic rings. The molecule has 0 aliphatic heterocycles. The van der Waals surface area contributed by atoms with E-state index in [9.17, 15) is 0 Å². The minimum absolute atomic E-state index is 0. The molecule has 0 N–H and O–H groups in total. The lowest BCUT2D eigenvalue weighted by atomic mass is 10.0. The van der Waals surface area contributed by atoms with E-state index in [1.165, 1.54) is 81.7 Å². The Morgan fingerprint density at radius 2 is 0.897 bits per heavy atom. The Hall–Kier alpha value is -3.84. The summed E-state index contributed by atoms with van der Waals surface area (Å²) in [6, 6.07) is 40.3. The Labute approximate surface area is 237 Å². The number of unbranched alkanes of at least 4 members (excludes halogenated alkanes) is 3. The Bertz CT molecular complexity index is 1420. The van der Waals surface area contributed by atoms with Crippen LogP contribution < -0.4 is 0 Å². The Balaban J connectivity index is 0.00000210. The molecule has 0 unspecified atom stereocenters. The Morgan fingerprint density at radius 1 is 0.462 bits per heavy atom. The highest BCUT2D eigenvalue weighted by atomic mass is 15.0. The third-order valence-electron chi connectivity index (χ3n) is 7.31. The van der Waals surface area contributed by atoms with E-state index >= 15 is 0 Å². The van der Waals surface area contributed by atoms with Gasteiger partial charge in [-0.25, -0.2) is 0 Å². The van der Waals surface area contributed by atoms with Gasteiger partial charge < -0.3 is 4.57 Å². The van der Waals surface area contributed by atoms with Crippen molar-refractivity contribution in [3.8, 4) is 39.3 Å². The van der Waals surface area contributed by atoms with E-state index in [1.54, 1.807) is 0 Å². The first kappa shape index (κ1) is 29.7. The van der Waals surface area contributed by atoms with Crippen LogP contribution in [0.25, 0.3) is 39.3 Å². The van der Waals surface area contributed by atoms with Gasteiger partial charge in [0.25, 0.3) is 0 Å². The van der Waals surface area contributed by atoms with Crippen LogP contribution in [0.1, 0.15) is 64.2 Å². The fourth-order valence-electron chi connectivity index (χ4n) is 5.04. The predicted molar refractivity (Wildman–Crippen MR) is 173 cm³/mol. The van der Waals surface area contributed by atoms with Crippen molar-refractivity contribution in [2.45, 2.75) is 67.7 Å². The molecular weight excluding hydrogens is 470 g/mol. The van der Waals surface area contributed by atoms with E-state index in [-0.39, 0.29) is 14.9 Å². The van der Waals surface area contributed by atoms with Crippen LogP contribution in [-0.2, 0) is 6.42 Å². The molecule has 202 valence electrons. The first-order chi connectivity index (χ1) is 18.1. The second-order valence-electron chi connectivity index (χ2n) is 10.2. The van der Waals surface area contributed by atoms with Crippen LogP contribution in [0.2, 0.25) is 0 Å². The van der Waals surface area contributed by atoms with E-state index in [1.807, 2.05) is 0 Å². The van der Waals surface area contributed by atoms with Gasteiger partial charge in [0.15, 0.2) is 0 Å². The minimum Gasteiger partial charge on any atom is -0.309 e. The maximum absolute atomic E-state index is 2.41. The fraction of sp³-hybridized carbons (Fsp3) is 0.263. The molecule has 0 amide bonds. The number of rotatable bonds is 9. The van der Waals surface area contributed by atoms with Crippen LogP contribution in [-0.4, -0.2) is 4.57 Å². The minimum atomic E-state index is 0. The van der Waals surface area contributed by atoms with Crippen molar-refractivity contribution >= 4 is 0 Å². The first-order valence-corrected chi connectivity index (χ1v) is 13.7. The smallest absolute Gasteiger partial charge is 0.0535 e. The molecule has 1 heterocycles. The molecule has 0 saturated heterocycles. The standard InChI is InChI=1S/C36H37N.2CH4/c1-4-5-6-7-8-29-13-23-34(24-14-29)37-35(32-17-11-28(3)12-18-32)25-26-36(37)33-21-19-31(20-22-33)30-15-9-27(2)10-16-30;;/h9-26H,4-8H2,1-3H3;2*1H4. The highest BCUT2D eigenvalue weighted by Crippen LogP contribution is 2.34. The zero-order valence-corrected chi connectivity index (χ0v) is 22.4. The second kappa shape index (κ2) is 13.8. The number of aromatic nitrogens is 1. The molecule has 0 radical (unpaired) electrons. The van der Waals surface area contributed by atoms with Gasteiger partial charge in [0.1, 0.15) is 0 Å². The van der Waals surface area contributed by atoms with Gasteiger partial charge >= 0.3 is 0 Å². The molecule has 1 nitrogen and oxygen atoms in total. The summed E-state index contributed by atoms with van der Waals surface area (Å²) in [6.45, 7) is 6.54. The maximum atomic E-state index is 2.41. The van der Waals surface area contributed by atoms with Crippen LogP contribution in [0.3, 0.4) is 0 Å². The SMILES string of the molecule is C.C.CCCCCCc1ccc(-n2c(-c3ccc(C)cc3)ccc2-c2ccc(-c3ccc(C)cc3)cc2)cc1. The van der Waals surface area contributed by atoms with E-state index in [2.05, 4.69) is 135 Å². The lowest BCUT2D eigenvalue weighted by Gasteiger charge is -2.16. The van der Waals surface area contributed by atoms with Gasteiger partial charge in [-0.15, -0.1) is 0 Å². The molecular formula is C38H45N. The largest absolute Gasteiger partial charge is 0.309 e. The summed E-state index contributed by atoms with van der Waals surface area (Å²) in [5.41, 5.74) is 12.6. The maximum Gasteiger partial charge on any atom is 0.0535 e. The molecule has 1 aromatic heterocycles. The van der Waals surface area contributed by atoms with Crippen LogP contribution in [0.15, 0.2) is 109 Å². The third-order valence-corrected chi connectivity index (χ3v) is 7.31. The summed E-state index contributed by atoms with van der Waals surface area (Å²) in [6.07, 6.45) is 6.35. The Kier molecular flexibility index (Phi) is 10.5. The van der Waals surface area contributed by atoms with Crippen molar-refractivity contribution < 1.29 is 0 Å². The van der Waals surface area contributed by atoms with Gasteiger partial charge in [0, 0.05) is 5.69 Å². The fourth-order valence-corrected chi connectivity index (χ4v) is 5.04. The summed E-state index contributed by atoms with van der Waals surface area (Å²) in [5, 5.41) is 0. The first-order valence-electron chi connectivity index (χ1n) is 13.7. The summed E-state index contributed by atoms with van der Waals surface area (Å²) in [7, 11) is 0. The zero-order valence-electron chi connectivity index (χ0n) is 22.4. The average Bonchev–Trinajstić information content (AvgIpc) is 3.38. The lowest BCUT2D eigenvalue weighted by molar-refractivity contribution is 0.667. The summed E-state index contributed by atoms with van der Waals surface area (Å²) in [4.78, 5) is 0. The normalized spacial score (nSPS) is 10.5. The van der Waals surface area contributed by atoms with Gasteiger partial charge in [0.05, 0.1) is 11.4 Å². The molecule has 5 rings (SSSR count). The summed E-state index contributed by atoms with van der Waals surface area (Å²) < 4.78 is 2.41. The Morgan fingerprint density at radius 3 is 1.38 bits per heavy atom. The van der Waals surface area contributed by atoms with Gasteiger partial charge in [-0.05, 0) is 78.8 Å². The monoisotopic (exact) mass is 515 g/mol. The van der Waals surface area contributed by atoms with E-state index < -0.39 is 0 Å². The predicted octanol–water partition coefficient (Wildman–Crippen LogP) is 11.5. The highest BCUT2D eigenvalue weighted by Gasteiger charge is 2.14. The molecule has 0 atom stereocenters. The van der Waals surface area contributed by atoms with Crippen molar-refractivity contribution in [2.24, 2.45) is 0 Å². The van der Waals surface area contributed by atoms with Crippen molar-refractivity contribution in [3.63, 3.8) is 0 Å². The van der Waals surface area contributed by atoms with Crippen molar-refractivity contribution in [1.82, 2.24) is 4.57 Å². The zero-order chi connectivity index (χ0) is 25.6. The number of aryl methyl sites for hydroxylation is 3. The second-order valence-corrected chi connectivity index (χ2v) is 10.2. The molecule has 5 aromatic rings. The van der Waals surface area contributed by atoms with Crippen molar-refractivity contribution in [2.75, 3.05) is 0 Å². The summed E-state index contributed by atoms with van der Waals surface area (Å²) in [5.74, 6) is 0. The number of hydrogen-bond acceptors (Lipinski definition) is 0. The summed E-state index contributed by atoms with van der Waals surface area (Å²) >= 11 is 0. The quantitative estimate of drug-likeness (QED) is 0.172. The molecule has 0 bridgehead atoms. The van der Waals surface area contributed by atoms with Crippen molar-refractivity contribution in [1.29, 1.82) is 0 Å². The molecule has 1 heteroatoms. The van der Waals surface area contributed by atoms with Crippen LogP contribution >= 0.6 is 0 Å². The molecule has 0 aliphatic carbocycles. The van der Waals surface area contributed by atoms with Crippen LogP contribution in [0, 0.1) is 13.8 Å². The van der Waals surface area contributed by atoms with Crippen LogP contribution in [0.5, 0.6) is 0 Å². The molecule has 4 aromatic carbocycles. The van der Waals surface area contributed by atoms with Gasteiger partial charge in [-0.3, -0.25) is 0 Å². The molecule has 0 fully saturated rings. The van der Waals surface area contributed by atoms with E-state index in [0.29, 0.717) is 0 Å². The van der Waals surface area contributed by atoms with Gasteiger partial charge in [0.2, 0.25) is 0 Å². The topological polar surface area (TPSA) is 4.93 Å². The third kappa shape index (κ3) is 6.98. The van der Waals surface area contributed by atoms with E-state index in [0.717, 1.165) is 6.42 Å². The van der Waals surface area contributed by atoms with E-state index in [4.69, 9.17) is 0 Å². The number of benzene rings is 4. The molecule has 39 heavy (non-hydrogen) atoms. The van der Waals surface area contributed by atoms with Gasteiger partial charge in [-0.2, -0.15) is 0 Å². The van der Waals surface area contributed by atoms with Crippen molar-refractivity contribution in [3.05, 3.63) is 126 Å². The number of nitrogens with zero attached hydrogens (tertiary/aromatic N) is 1. The number of hydrogen-bond donors (Lipinski definition) is 0. The highest BCUT2D eigenvalue weighted by molar-refractivity contribution is 5.75. The molecule has 0 saturated carbocycles. The van der Waals surface area contributed by atoms with Gasteiger partial charge in [-0.1, -0.05) is 137 Å². The lowest BCUT2D eigenvalue weighted by Crippen LogP contribution is -2.00.